The van der Waals surface area contributed by atoms with Gasteiger partial charge in [-0.1, -0.05) is 0 Å². The van der Waals surface area contributed by atoms with Gasteiger partial charge < -0.3 is 18.8 Å². The summed E-state index contributed by atoms with van der Waals surface area (Å²) in [5.41, 5.74) is 1.69. The van der Waals surface area contributed by atoms with Crippen LogP contribution in [0.25, 0.3) is 31.5 Å². The zero-order chi connectivity index (χ0) is 26.9. The molecule has 0 bridgehead atoms. The van der Waals surface area contributed by atoms with E-state index in [0.29, 0.717) is 13.1 Å². The fourth-order valence-corrected chi connectivity index (χ4v) is 6.87. The zero-order valence-corrected chi connectivity index (χ0v) is 23.5. The van der Waals surface area contributed by atoms with E-state index in [4.69, 9.17) is 23.7 Å². The average Bonchev–Trinajstić information content (AvgIpc) is 3.41. The second-order valence-electron chi connectivity index (χ2n) is 10.0. The largest absolute Gasteiger partial charge is 0.332 e. The molecule has 4 heterocycles. The SMILES string of the molecule is [C-]#[N+]CC1(n2cc(Br)c3cnccc32)CC(C#N)C1.[C-]#[N+]CC1(n2cc(Br)c3cnccc32)CC(C#N)C1. The van der Waals surface area contributed by atoms with Crippen LogP contribution in [0.1, 0.15) is 25.7 Å². The molecule has 188 valence electrons. The summed E-state index contributed by atoms with van der Waals surface area (Å²) in [5.74, 6) is 0.139. The molecular formula is C28H22Br2N8. The van der Waals surface area contributed by atoms with E-state index < -0.39 is 0 Å². The van der Waals surface area contributed by atoms with Crippen molar-refractivity contribution in [2.75, 3.05) is 13.1 Å². The van der Waals surface area contributed by atoms with Crippen LogP contribution in [-0.2, 0) is 11.1 Å². The minimum absolute atomic E-state index is 0.0693. The molecule has 2 aliphatic rings. The van der Waals surface area contributed by atoms with E-state index in [1.807, 2.05) is 36.9 Å². The summed E-state index contributed by atoms with van der Waals surface area (Å²) in [5, 5.41) is 20.1. The maximum Gasteiger partial charge on any atom is 0.237 e. The Hall–Kier alpha value is -3.70. The van der Waals surface area contributed by atoms with Crippen molar-refractivity contribution >= 4 is 53.7 Å². The monoisotopic (exact) mass is 628 g/mol. The molecule has 0 aromatic carbocycles. The molecule has 0 saturated heterocycles. The molecule has 6 rings (SSSR count). The zero-order valence-electron chi connectivity index (χ0n) is 20.3. The number of aromatic nitrogens is 4. The van der Waals surface area contributed by atoms with Crippen LogP contribution in [0.3, 0.4) is 0 Å². The number of fused-ring (bicyclic) bond motifs is 2. The van der Waals surface area contributed by atoms with Crippen molar-refractivity contribution in [2.24, 2.45) is 11.8 Å². The fourth-order valence-electron chi connectivity index (χ4n) is 5.85. The molecule has 0 N–H and O–H groups in total. The number of hydrogen-bond donors (Lipinski definition) is 0. The Morgan fingerprint density at radius 3 is 1.55 bits per heavy atom. The van der Waals surface area contributed by atoms with Gasteiger partial charge in [-0.3, -0.25) is 9.97 Å². The highest BCUT2D eigenvalue weighted by molar-refractivity contribution is 9.11. The molecule has 38 heavy (non-hydrogen) atoms. The standard InChI is InChI=1S/2C14H11BrN4/c2*1-17-9-14(4-10(5-14)6-16)19-8-12(15)11-7-18-3-2-13(11)19/h2*2-3,7-8,10H,4-5,9H2. The van der Waals surface area contributed by atoms with Crippen molar-refractivity contribution in [1.29, 1.82) is 10.5 Å². The lowest BCUT2D eigenvalue weighted by Gasteiger charge is -2.42. The Labute approximate surface area is 237 Å². The Balaban J connectivity index is 0.000000155. The van der Waals surface area contributed by atoms with Gasteiger partial charge in [-0.05, 0) is 69.7 Å². The Kier molecular flexibility index (Phi) is 6.97. The summed E-state index contributed by atoms with van der Waals surface area (Å²) in [6, 6.07) is 8.53. The Bertz CT molecular complexity index is 1550. The molecule has 0 aliphatic heterocycles. The quantitative estimate of drug-likeness (QED) is 0.235. The van der Waals surface area contributed by atoms with Gasteiger partial charge >= 0.3 is 0 Å². The van der Waals surface area contributed by atoms with Crippen molar-refractivity contribution in [3.05, 3.63) is 81.1 Å². The first-order chi connectivity index (χ1) is 18.4. The lowest BCUT2D eigenvalue weighted by Crippen LogP contribution is -2.47. The lowest BCUT2D eigenvalue weighted by molar-refractivity contribution is 0.122. The molecule has 4 aromatic heterocycles. The van der Waals surface area contributed by atoms with Gasteiger partial charge in [0.2, 0.25) is 13.1 Å². The Morgan fingerprint density at radius 2 is 1.21 bits per heavy atom. The van der Waals surface area contributed by atoms with Crippen LogP contribution < -0.4 is 0 Å². The number of halogens is 2. The van der Waals surface area contributed by atoms with Crippen molar-refractivity contribution in [1.82, 2.24) is 19.1 Å². The van der Waals surface area contributed by atoms with E-state index in [1.165, 1.54) is 0 Å². The van der Waals surface area contributed by atoms with Crippen LogP contribution in [-0.4, -0.2) is 32.2 Å². The van der Waals surface area contributed by atoms with Crippen LogP contribution in [0, 0.1) is 47.6 Å². The summed E-state index contributed by atoms with van der Waals surface area (Å²) in [4.78, 5) is 15.4. The maximum atomic E-state index is 9.00. The number of pyridine rings is 2. The molecule has 2 saturated carbocycles. The molecular weight excluding hydrogens is 608 g/mol. The van der Waals surface area contributed by atoms with E-state index in [-0.39, 0.29) is 22.9 Å². The summed E-state index contributed by atoms with van der Waals surface area (Å²) in [6.45, 7) is 15.2. The molecule has 2 fully saturated rings. The van der Waals surface area contributed by atoms with Gasteiger partial charge in [0.25, 0.3) is 0 Å². The van der Waals surface area contributed by atoms with Crippen LogP contribution in [0.2, 0.25) is 0 Å². The van der Waals surface area contributed by atoms with Crippen molar-refractivity contribution < 1.29 is 0 Å². The van der Waals surface area contributed by atoms with Crippen molar-refractivity contribution in [3.63, 3.8) is 0 Å². The highest BCUT2D eigenvalue weighted by Gasteiger charge is 2.50. The Morgan fingerprint density at radius 1 is 0.816 bits per heavy atom. The molecule has 8 nitrogen and oxygen atoms in total. The van der Waals surface area contributed by atoms with Gasteiger partial charge in [0, 0.05) is 56.9 Å². The number of nitriles is 2. The average molecular weight is 630 g/mol. The number of nitrogens with zero attached hydrogens (tertiary/aromatic N) is 8. The van der Waals surface area contributed by atoms with Crippen LogP contribution in [0.15, 0.2) is 58.3 Å². The predicted octanol–water partition coefficient (Wildman–Crippen LogP) is 6.69. The molecule has 2 aliphatic carbocycles. The second-order valence-corrected chi connectivity index (χ2v) is 11.7. The van der Waals surface area contributed by atoms with Gasteiger partial charge in [-0.15, -0.1) is 0 Å². The third kappa shape index (κ3) is 4.25. The summed E-state index contributed by atoms with van der Waals surface area (Å²) in [7, 11) is 0. The summed E-state index contributed by atoms with van der Waals surface area (Å²) >= 11 is 7.09. The smallest absolute Gasteiger partial charge is 0.237 e. The second kappa shape index (κ2) is 10.2. The minimum Gasteiger partial charge on any atom is -0.332 e. The van der Waals surface area contributed by atoms with Gasteiger partial charge in [0.05, 0.1) is 35.0 Å². The van der Waals surface area contributed by atoms with Gasteiger partial charge in [-0.25, -0.2) is 13.1 Å². The molecule has 0 spiro atoms. The lowest BCUT2D eigenvalue weighted by atomic mass is 9.68. The van der Waals surface area contributed by atoms with Crippen LogP contribution in [0.4, 0.5) is 0 Å². The third-order valence-electron chi connectivity index (χ3n) is 7.75. The molecule has 10 heteroatoms. The van der Waals surface area contributed by atoms with E-state index in [1.54, 1.807) is 12.4 Å². The van der Waals surface area contributed by atoms with Gasteiger partial charge in [0.1, 0.15) is 11.1 Å². The first-order valence-corrected chi connectivity index (χ1v) is 13.7. The molecule has 0 amide bonds. The first kappa shape index (κ1) is 25.9. The summed E-state index contributed by atoms with van der Waals surface area (Å²) < 4.78 is 6.28. The van der Waals surface area contributed by atoms with Crippen molar-refractivity contribution in [2.45, 2.75) is 36.8 Å². The number of hydrogen-bond acceptors (Lipinski definition) is 4. The summed E-state index contributed by atoms with van der Waals surface area (Å²) in [6.07, 6.45) is 14.2. The highest BCUT2D eigenvalue weighted by atomic mass is 79.9. The maximum absolute atomic E-state index is 9.00. The van der Waals surface area contributed by atoms with E-state index in [9.17, 15) is 0 Å². The van der Waals surface area contributed by atoms with Gasteiger partial charge in [0.15, 0.2) is 0 Å². The molecule has 4 aromatic rings. The van der Waals surface area contributed by atoms with E-state index in [2.05, 4.69) is 72.8 Å². The van der Waals surface area contributed by atoms with E-state index >= 15 is 0 Å². The fraction of sp³-hybridized carbons (Fsp3) is 0.357. The highest BCUT2D eigenvalue weighted by Crippen LogP contribution is 2.48. The molecule has 0 atom stereocenters. The topological polar surface area (TPSA) is 91.9 Å². The third-order valence-corrected chi connectivity index (χ3v) is 9.02. The number of rotatable bonds is 4. The van der Waals surface area contributed by atoms with Gasteiger partial charge in [-0.2, -0.15) is 10.5 Å². The first-order valence-electron chi connectivity index (χ1n) is 12.1. The minimum atomic E-state index is -0.228. The van der Waals surface area contributed by atoms with Crippen LogP contribution in [0.5, 0.6) is 0 Å². The predicted molar refractivity (Wildman–Crippen MR) is 150 cm³/mol. The van der Waals surface area contributed by atoms with E-state index in [0.717, 1.165) is 56.4 Å². The normalized spacial score (nSPS) is 25.5. The molecule has 0 unspecified atom stereocenters. The molecule has 0 radical (unpaired) electrons. The van der Waals surface area contributed by atoms with Crippen molar-refractivity contribution in [3.8, 4) is 12.1 Å². The van der Waals surface area contributed by atoms with Crippen LogP contribution >= 0.6 is 31.9 Å².